The molecule has 3 unspecified atom stereocenters. The topological polar surface area (TPSA) is 80.7 Å². The van der Waals surface area contributed by atoms with Crippen molar-refractivity contribution in [3.8, 4) is 0 Å². The largest absolute Gasteiger partial charge is 0.392 e. The second-order valence-corrected chi connectivity index (χ2v) is 11.8. The number of hydrogen-bond acceptors (Lipinski definition) is 7. The minimum absolute atomic E-state index is 0.00608. The number of rotatable bonds is 8. The van der Waals surface area contributed by atoms with Crippen molar-refractivity contribution in [3.05, 3.63) is 125 Å². The predicted molar refractivity (Wildman–Crippen MR) is 160 cm³/mol. The zero-order chi connectivity index (χ0) is 27.3. The number of carbonyl (C=O) groups is 1. The zero-order valence-electron chi connectivity index (χ0n) is 21.6. The van der Waals surface area contributed by atoms with Crippen LogP contribution in [0, 0.1) is 0 Å². The number of para-hydroxylation sites is 1. The highest BCUT2D eigenvalue weighted by Gasteiger charge is 2.32. The highest BCUT2D eigenvalue weighted by atomic mass is 32.2. The van der Waals surface area contributed by atoms with E-state index in [-0.39, 0.29) is 24.7 Å². The fraction of sp³-hybridized carbons (Fsp3) is 0.188. The summed E-state index contributed by atoms with van der Waals surface area (Å²) < 4.78 is 15.1. The Morgan fingerprint density at radius 2 is 1.62 bits per heavy atom. The van der Waals surface area contributed by atoms with Crippen molar-refractivity contribution in [2.45, 2.75) is 35.9 Å². The van der Waals surface area contributed by atoms with Crippen LogP contribution < -0.4 is 5.32 Å². The molecule has 4 aromatic carbocycles. The minimum Gasteiger partial charge on any atom is -0.392 e. The molecule has 2 heterocycles. The lowest BCUT2D eigenvalue weighted by Crippen LogP contribution is -2.31. The van der Waals surface area contributed by atoms with Crippen LogP contribution in [0.4, 0.5) is 5.69 Å². The molecule has 202 valence electrons. The van der Waals surface area contributed by atoms with Crippen molar-refractivity contribution in [1.82, 2.24) is 4.98 Å². The van der Waals surface area contributed by atoms with Gasteiger partial charge in [0, 0.05) is 29.0 Å². The number of aliphatic hydroxyl groups is 1. The molecular weight excluding hydrogens is 540 g/mol. The summed E-state index contributed by atoms with van der Waals surface area (Å²) in [5.74, 6) is 0.590. The van der Waals surface area contributed by atoms with Crippen LogP contribution in [0.3, 0.4) is 0 Å². The molecule has 6 rings (SSSR count). The second kappa shape index (κ2) is 12.3. The Morgan fingerprint density at radius 3 is 2.38 bits per heavy atom. The Hall–Kier alpha value is -3.53. The minimum atomic E-state index is -0.559. The summed E-state index contributed by atoms with van der Waals surface area (Å²) in [5.41, 5.74) is 5.11. The first kappa shape index (κ1) is 26.7. The molecule has 2 N–H and O–H groups in total. The van der Waals surface area contributed by atoms with Gasteiger partial charge in [-0.3, -0.25) is 4.79 Å². The molecule has 1 aliphatic rings. The smallest absolute Gasteiger partial charge is 0.255 e. The molecule has 5 aromatic rings. The first-order valence-electron chi connectivity index (χ1n) is 13.1. The third-order valence-corrected chi connectivity index (χ3v) is 9.07. The van der Waals surface area contributed by atoms with Crippen LogP contribution in [0.15, 0.2) is 107 Å². The van der Waals surface area contributed by atoms with Gasteiger partial charge in [0.15, 0.2) is 10.6 Å². The highest BCUT2D eigenvalue weighted by molar-refractivity contribution is 8.01. The van der Waals surface area contributed by atoms with E-state index in [0.717, 1.165) is 32.3 Å². The van der Waals surface area contributed by atoms with Gasteiger partial charge in [0.2, 0.25) is 0 Å². The summed E-state index contributed by atoms with van der Waals surface area (Å²) >= 11 is 3.40. The lowest BCUT2D eigenvalue weighted by molar-refractivity contribution is -0.245. The van der Waals surface area contributed by atoms with Crippen LogP contribution >= 0.6 is 23.1 Å². The van der Waals surface area contributed by atoms with Gasteiger partial charge in [-0.05, 0) is 47.5 Å². The Labute approximate surface area is 241 Å². The Bertz CT molecular complexity index is 1540. The summed E-state index contributed by atoms with van der Waals surface area (Å²) in [6, 6.07) is 32.8. The number of aliphatic hydroxyl groups excluding tert-OH is 1. The number of ether oxygens (including phenoxy) is 2. The van der Waals surface area contributed by atoms with Gasteiger partial charge in [0.05, 0.1) is 29.0 Å². The van der Waals surface area contributed by atoms with Crippen LogP contribution in [0.1, 0.15) is 45.9 Å². The monoisotopic (exact) mass is 568 g/mol. The van der Waals surface area contributed by atoms with E-state index < -0.39 is 6.29 Å². The fourth-order valence-corrected chi connectivity index (χ4v) is 6.73. The lowest BCUT2D eigenvalue weighted by Gasteiger charge is -2.36. The zero-order valence-corrected chi connectivity index (χ0v) is 23.2. The fourth-order valence-electron chi connectivity index (χ4n) is 4.62. The van der Waals surface area contributed by atoms with E-state index in [9.17, 15) is 9.90 Å². The first-order valence-corrected chi connectivity index (χ1v) is 14.9. The van der Waals surface area contributed by atoms with E-state index in [0.29, 0.717) is 17.7 Å². The molecule has 1 amide bonds. The number of hydrogen-bond donors (Lipinski definition) is 2. The van der Waals surface area contributed by atoms with Crippen LogP contribution in [0.25, 0.3) is 10.2 Å². The number of fused-ring (bicyclic) bond motifs is 1. The summed E-state index contributed by atoms with van der Waals surface area (Å²) in [5, 5.41) is 12.4. The average molecular weight is 569 g/mol. The van der Waals surface area contributed by atoms with Crippen molar-refractivity contribution in [1.29, 1.82) is 0 Å². The molecule has 3 atom stereocenters. The summed E-state index contributed by atoms with van der Waals surface area (Å²) in [6.07, 6.45) is -0.0743. The van der Waals surface area contributed by atoms with Crippen molar-refractivity contribution in [2.24, 2.45) is 0 Å². The SMILES string of the molecule is O=C(Nc1ccc(C2OC(CSc3nc4ccccc4s3)CC(c3ccc(CO)cc3)O2)cc1)c1ccccc1. The highest BCUT2D eigenvalue weighted by Crippen LogP contribution is 2.40. The van der Waals surface area contributed by atoms with Crippen molar-refractivity contribution in [3.63, 3.8) is 0 Å². The van der Waals surface area contributed by atoms with Crippen molar-refractivity contribution in [2.75, 3.05) is 11.1 Å². The number of aromatic nitrogens is 1. The van der Waals surface area contributed by atoms with Crippen LogP contribution in [-0.4, -0.2) is 27.9 Å². The molecule has 0 saturated carbocycles. The first-order chi connectivity index (χ1) is 19.6. The number of anilines is 1. The molecule has 1 aliphatic heterocycles. The van der Waals surface area contributed by atoms with Crippen LogP contribution in [0.5, 0.6) is 0 Å². The molecule has 0 aliphatic carbocycles. The Balaban J connectivity index is 1.18. The van der Waals surface area contributed by atoms with E-state index in [4.69, 9.17) is 14.5 Å². The van der Waals surface area contributed by atoms with Crippen molar-refractivity contribution >= 4 is 44.9 Å². The van der Waals surface area contributed by atoms with E-state index in [1.807, 2.05) is 84.9 Å². The average Bonchev–Trinajstić information content (AvgIpc) is 3.44. The van der Waals surface area contributed by atoms with Gasteiger partial charge < -0.3 is 19.9 Å². The second-order valence-electron chi connectivity index (χ2n) is 9.55. The summed E-state index contributed by atoms with van der Waals surface area (Å²) in [7, 11) is 0. The number of benzene rings is 4. The summed E-state index contributed by atoms with van der Waals surface area (Å²) in [4.78, 5) is 17.3. The maximum atomic E-state index is 12.6. The van der Waals surface area contributed by atoms with Crippen molar-refractivity contribution < 1.29 is 19.4 Å². The summed E-state index contributed by atoms with van der Waals surface area (Å²) in [6.45, 7) is 0.00608. The molecule has 6 nitrogen and oxygen atoms in total. The van der Waals surface area contributed by atoms with Gasteiger partial charge in [0.1, 0.15) is 0 Å². The van der Waals surface area contributed by atoms with Gasteiger partial charge in [-0.1, -0.05) is 78.5 Å². The van der Waals surface area contributed by atoms with Gasteiger partial charge in [-0.15, -0.1) is 11.3 Å². The molecule has 1 fully saturated rings. The quantitative estimate of drug-likeness (QED) is 0.190. The molecule has 40 heavy (non-hydrogen) atoms. The maximum Gasteiger partial charge on any atom is 0.255 e. The molecule has 0 bridgehead atoms. The standard InChI is InChI=1S/C32H28N2O4S2/c35-19-21-10-12-22(13-11-21)28-18-26(20-39-32-34-27-8-4-5-9-29(27)40-32)37-31(38-28)24-14-16-25(17-15-24)33-30(36)23-6-2-1-3-7-23/h1-17,26,28,31,35H,18-20H2,(H,33,36). The molecule has 0 radical (unpaired) electrons. The number of amides is 1. The predicted octanol–water partition coefficient (Wildman–Crippen LogP) is 7.38. The van der Waals surface area contributed by atoms with Crippen LogP contribution in [0.2, 0.25) is 0 Å². The molecule has 1 aromatic heterocycles. The molecule has 0 spiro atoms. The number of nitrogens with zero attached hydrogens (tertiary/aromatic N) is 1. The van der Waals surface area contributed by atoms with Gasteiger partial charge >= 0.3 is 0 Å². The van der Waals surface area contributed by atoms with E-state index in [1.54, 1.807) is 35.2 Å². The normalized spacial score (nSPS) is 19.0. The van der Waals surface area contributed by atoms with Crippen LogP contribution in [-0.2, 0) is 16.1 Å². The number of carbonyl (C=O) groups excluding carboxylic acids is 1. The Kier molecular flexibility index (Phi) is 8.22. The molecule has 8 heteroatoms. The maximum absolute atomic E-state index is 12.6. The molecule has 1 saturated heterocycles. The van der Waals surface area contributed by atoms with Gasteiger partial charge in [-0.2, -0.15) is 0 Å². The Morgan fingerprint density at radius 1 is 0.900 bits per heavy atom. The third kappa shape index (κ3) is 6.27. The lowest BCUT2D eigenvalue weighted by atomic mass is 10.0. The molecular formula is C32H28N2O4S2. The number of nitrogens with one attached hydrogen (secondary N) is 1. The third-order valence-electron chi connectivity index (χ3n) is 6.76. The number of thiazole rings is 1. The van der Waals surface area contributed by atoms with Gasteiger partial charge in [0.25, 0.3) is 5.91 Å². The number of thioether (sulfide) groups is 1. The van der Waals surface area contributed by atoms with E-state index in [2.05, 4.69) is 11.4 Å². The van der Waals surface area contributed by atoms with E-state index in [1.165, 1.54) is 4.70 Å². The van der Waals surface area contributed by atoms with E-state index >= 15 is 0 Å². The van der Waals surface area contributed by atoms with Gasteiger partial charge in [-0.25, -0.2) is 4.98 Å².